The molecule has 0 saturated heterocycles. The SMILES string of the molecule is CC(C)N(Cc1ccccc1)C(=O)COC(=O)Cc1ccccc1. The molecular formula is C20H23NO3. The molecule has 4 nitrogen and oxygen atoms in total. The topological polar surface area (TPSA) is 46.6 Å². The van der Waals surface area contributed by atoms with Gasteiger partial charge in [0.05, 0.1) is 6.42 Å². The van der Waals surface area contributed by atoms with E-state index in [0.717, 1.165) is 11.1 Å². The number of rotatable bonds is 7. The minimum Gasteiger partial charge on any atom is -0.455 e. The van der Waals surface area contributed by atoms with Crippen molar-refractivity contribution in [2.24, 2.45) is 0 Å². The van der Waals surface area contributed by atoms with Gasteiger partial charge in [-0.05, 0) is 25.0 Å². The van der Waals surface area contributed by atoms with E-state index >= 15 is 0 Å². The molecule has 2 rings (SSSR count). The molecule has 0 bridgehead atoms. The van der Waals surface area contributed by atoms with E-state index in [0.29, 0.717) is 6.54 Å². The van der Waals surface area contributed by atoms with Crippen LogP contribution in [0.1, 0.15) is 25.0 Å². The van der Waals surface area contributed by atoms with E-state index in [1.807, 2.05) is 74.5 Å². The Balaban J connectivity index is 1.87. The lowest BCUT2D eigenvalue weighted by molar-refractivity contribution is -0.152. The fourth-order valence-electron chi connectivity index (χ4n) is 2.38. The van der Waals surface area contributed by atoms with E-state index in [4.69, 9.17) is 4.74 Å². The van der Waals surface area contributed by atoms with Crippen LogP contribution in [0, 0.1) is 0 Å². The van der Waals surface area contributed by atoms with Gasteiger partial charge in [-0.25, -0.2) is 0 Å². The molecule has 0 aromatic heterocycles. The summed E-state index contributed by atoms with van der Waals surface area (Å²) in [6.45, 7) is 4.18. The van der Waals surface area contributed by atoms with Gasteiger partial charge in [-0.3, -0.25) is 9.59 Å². The summed E-state index contributed by atoms with van der Waals surface area (Å²) in [5.74, 6) is -0.576. The summed E-state index contributed by atoms with van der Waals surface area (Å²) in [5.41, 5.74) is 1.93. The van der Waals surface area contributed by atoms with Crippen molar-refractivity contribution >= 4 is 11.9 Å². The maximum absolute atomic E-state index is 12.4. The molecule has 0 atom stereocenters. The Hall–Kier alpha value is -2.62. The fourth-order valence-corrected chi connectivity index (χ4v) is 2.38. The molecule has 2 aromatic rings. The van der Waals surface area contributed by atoms with Gasteiger partial charge >= 0.3 is 5.97 Å². The zero-order valence-corrected chi connectivity index (χ0v) is 14.1. The second-order valence-electron chi connectivity index (χ2n) is 5.92. The van der Waals surface area contributed by atoms with Gasteiger partial charge in [0.25, 0.3) is 5.91 Å². The number of nitrogens with zero attached hydrogens (tertiary/aromatic N) is 1. The Morgan fingerprint density at radius 3 is 2.00 bits per heavy atom. The standard InChI is InChI=1S/C20H23NO3/c1-16(2)21(14-18-11-7-4-8-12-18)19(22)15-24-20(23)13-17-9-5-3-6-10-17/h3-12,16H,13-15H2,1-2H3. The predicted molar refractivity (Wildman–Crippen MR) is 93.2 cm³/mol. The number of hydrogen-bond acceptors (Lipinski definition) is 3. The van der Waals surface area contributed by atoms with Crippen LogP contribution in [0.25, 0.3) is 0 Å². The van der Waals surface area contributed by atoms with Gasteiger partial charge in [0.2, 0.25) is 0 Å². The maximum atomic E-state index is 12.4. The van der Waals surface area contributed by atoms with Crippen molar-refractivity contribution < 1.29 is 14.3 Å². The summed E-state index contributed by atoms with van der Waals surface area (Å²) in [4.78, 5) is 26.0. The minimum atomic E-state index is -0.391. The van der Waals surface area contributed by atoms with Gasteiger partial charge in [0.1, 0.15) is 0 Å². The molecule has 0 heterocycles. The molecule has 0 aliphatic carbocycles. The molecule has 0 fully saturated rings. The van der Waals surface area contributed by atoms with Crippen LogP contribution in [-0.4, -0.2) is 29.4 Å². The Bertz CT molecular complexity index is 653. The van der Waals surface area contributed by atoms with Crippen LogP contribution in [-0.2, 0) is 27.3 Å². The maximum Gasteiger partial charge on any atom is 0.310 e. The smallest absolute Gasteiger partial charge is 0.310 e. The van der Waals surface area contributed by atoms with Crippen molar-refractivity contribution in [2.75, 3.05) is 6.61 Å². The summed E-state index contributed by atoms with van der Waals surface area (Å²) >= 11 is 0. The molecule has 126 valence electrons. The van der Waals surface area contributed by atoms with Crippen LogP contribution in [0.4, 0.5) is 0 Å². The molecule has 0 radical (unpaired) electrons. The van der Waals surface area contributed by atoms with Crippen LogP contribution in [0.3, 0.4) is 0 Å². The first kappa shape index (κ1) is 17.7. The summed E-state index contributed by atoms with van der Waals surface area (Å²) in [5, 5.41) is 0. The first-order valence-electron chi connectivity index (χ1n) is 8.09. The van der Waals surface area contributed by atoms with Gasteiger partial charge in [0, 0.05) is 12.6 Å². The van der Waals surface area contributed by atoms with Crippen molar-refractivity contribution in [3.8, 4) is 0 Å². The Kier molecular flexibility index (Phi) is 6.55. The number of benzene rings is 2. The Morgan fingerprint density at radius 2 is 1.46 bits per heavy atom. The van der Waals surface area contributed by atoms with Gasteiger partial charge < -0.3 is 9.64 Å². The van der Waals surface area contributed by atoms with E-state index < -0.39 is 5.97 Å². The van der Waals surface area contributed by atoms with Crippen molar-refractivity contribution in [3.63, 3.8) is 0 Å². The largest absolute Gasteiger partial charge is 0.455 e. The number of hydrogen-bond donors (Lipinski definition) is 0. The highest BCUT2D eigenvalue weighted by Crippen LogP contribution is 2.09. The van der Waals surface area contributed by atoms with Crippen molar-refractivity contribution in [1.29, 1.82) is 0 Å². The van der Waals surface area contributed by atoms with Gasteiger partial charge in [0.15, 0.2) is 6.61 Å². The highest BCUT2D eigenvalue weighted by molar-refractivity contribution is 5.81. The van der Waals surface area contributed by atoms with E-state index in [2.05, 4.69) is 0 Å². The molecule has 4 heteroatoms. The number of ether oxygens (including phenoxy) is 1. The molecular weight excluding hydrogens is 302 g/mol. The third-order valence-electron chi connectivity index (χ3n) is 3.69. The van der Waals surface area contributed by atoms with Crippen LogP contribution in [0.5, 0.6) is 0 Å². The molecule has 2 aromatic carbocycles. The van der Waals surface area contributed by atoms with Crippen LogP contribution in [0.15, 0.2) is 60.7 Å². The molecule has 0 saturated carbocycles. The third kappa shape index (κ3) is 5.54. The van der Waals surface area contributed by atoms with Crippen molar-refractivity contribution in [2.45, 2.75) is 32.9 Å². The fraction of sp³-hybridized carbons (Fsp3) is 0.300. The number of amides is 1. The lowest BCUT2D eigenvalue weighted by Gasteiger charge is -2.26. The quantitative estimate of drug-likeness (QED) is 0.734. The van der Waals surface area contributed by atoms with Gasteiger partial charge in [-0.1, -0.05) is 60.7 Å². The first-order chi connectivity index (χ1) is 11.6. The average Bonchev–Trinajstić information content (AvgIpc) is 2.59. The lowest BCUT2D eigenvalue weighted by atomic mass is 10.1. The molecule has 24 heavy (non-hydrogen) atoms. The van der Waals surface area contributed by atoms with Gasteiger partial charge in [-0.15, -0.1) is 0 Å². The lowest BCUT2D eigenvalue weighted by Crippen LogP contribution is -2.39. The molecule has 0 spiro atoms. The number of carbonyl (C=O) groups is 2. The highest BCUT2D eigenvalue weighted by Gasteiger charge is 2.19. The predicted octanol–water partition coefficient (Wildman–Crippen LogP) is 3.21. The van der Waals surface area contributed by atoms with E-state index in [9.17, 15) is 9.59 Å². The summed E-state index contributed by atoms with van der Waals surface area (Å²) in [6.07, 6.45) is 0.175. The molecule has 0 N–H and O–H groups in total. The molecule has 0 unspecified atom stereocenters. The monoisotopic (exact) mass is 325 g/mol. The van der Waals surface area contributed by atoms with E-state index in [1.54, 1.807) is 4.90 Å². The molecule has 1 amide bonds. The van der Waals surface area contributed by atoms with E-state index in [1.165, 1.54) is 0 Å². The third-order valence-corrected chi connectivity index (χ3v) is 3.69. The normalized spacial score (nSPS) is 10.5. The van der Waals surface area contributed by atoms with Gasteiger partial charge in [-0.2, -0.15) is 0 Å². The van der Waals surface area contributed by atoms with Crippen LogP contribution < -0.4 is 0 Å². The summed E-state index contributed by atoms with van der Waals surface area (Å²) < 4.78 is 5.15. The number of carbonyl (C=O) groups excluding carboxylic acids is 2. The van der Waals surface area contributed by atoms with Crippen LogP contribution >= 0.6 is 0 Å². The first-order valence-corrected chi connectivity index (χ1v) is 8.09. The second-order valence-corrected chi connectivity index (χ2v) is 5.92. The minimum absolute atomic E-state index is 0.0329. The number of esters is 1. The van der Waals surface area contributed by atoms with Crippen LogP contribution in [0.2, 0.25) is 0 Å². The Morgan fingerprint density at radius 1 is 0.917 bits per heavy atom. The zero-order chi connectivity index (χ0) is 17.4. The van der Waals surface area contributed by atoms with Crippen molar-refractivity contribution in [3.05, 3.63) is 71.8 Å². The summed E-state index contributed by atoms with van der Waals surface area (Å²) in [7, 11) is 0. The Labute approximate surface area is 143 Å². The van der Waals surface area contributed by atoms with E-state index in [-0.39, 0.29) is 25.0 Å². The summed E-state index contributed by atoms with van der Waals surface area (Å²) in [6, 6.07) is 19.2. The van der Waals surface area contributed by atoms with Crippen molar-refractivity contribution in [1.82, 2.24) is 4.90 Å². The molecule has 0 aliphatic heterocycles. The average molecular weight is 325 g/mol. The zero-order valence-electron chi connectivity index (χ0n) is 14.1. The highest BCUT2D eigenvalue weighted by atomic mass is 16.5. The molecule has 0 aliphatic rings. The second kappa shape index (κ2) is 8.87.